The van der Waals surface area contributed by atoms with E-state index in [-0.39, 0.29) is 12.4 Å². The summed E-state index contributed by atoms with van der Waals surface area (Å²) < 4.78 is 9.60. The van der Waals surface area contributed by atoms with Gasteiger partial charge in [0.2, 0.25) is 4.77 Å². The highest BCUT2D eigenvalue weighted by Gasteiger charge is 2.17. The lowest BCUT2D eigenvalue weighted by Gasteiger charge is -2.21. The van der Waals surface area contributed by atoms with Crippen LogP contribution in [-0.2, 0) is 29.2 Å². The Balaban J connectivity index is 1.65. The topological polar surface area (TPSA) is 65.2 Å². The Bertz CT molecular complexity index is 1270. The highest BCUT2D eigenvalue weighted by Crippen LogP contribution is 2.17. The monoisotopic (exact) mass is 487 g/mol. The van der Waals surface area contributed by atoms with Gasteiger partial charge in [0.1, 0.15) is 5.82 Å². The van der Waals surface area contributed by atoms with Crippen molar-refractivity contribution < 1.29 is 9.53 Å². The maximum Gasteiger partial charge on any atom is 0.307 e. The minimum Gasteiger partial charge on any atom is -0.466 e. The van der Waals surface area contributed by atoms with Crippen LogP contribution in [0.15, 0.2) is 85.2 Å². The van der Waals surface area contributed by atoms with Crippen LogP contribution < -0.4 is 0 Å². The van der Waals surface area contributed by atoms with E-state index in [9.17, 15) is 4.79 Å². The van der Waals surface area contributed by atoms with E-state index in [1.807, 2.05) is 83.0 Å². The van der Waals surface area contributed by atoms with Crippen LogP contribution in [0.4, 0.5) is 0 Å². The van der Waals surface area contributed by atoms with E-state index in [2.05, 4.69) is 22.0 Å². The quantitative estimate of drug-likeness (QED) is 0.224. The lowest BCUT2D eigenvalue weighted by molar-refractivity contribution is -0.143. The molecule has 2 heterocycles. The molecule has 35 heavy (non-hydrogen) atoms. The molecular formula is C27H29N5O2S. The van der Waals surface area contributed by atoms with E-state index >= 15 is 0 Å². The molecule has 8 heteroatoms. The smallest absolute Gasteiger partial charge is 0.307 e. The predicted octanol–water partition coefficient (Wildman–Crippen LogP) is 4.80. The number of benzene rings is 2. The van der Waals surface area contributed by atoms with Crippen LogP contribution in [0.3, 0.4) is 0 Å². The Morgan fingerprint density at radius 3 is 2.40 bits per heavy atom. The first-order valence-electron chi connectivity index (χ1n) is 11.7. The number of hydrogen-bond donors (Lipinski definition) is 0. The molecular weight excluding hydrogens is 458 g/mol. The average Bonchev–Trinajstić information content (AvgIpc) is 3.18. The lowest BCUT2D eigenvalue weighted by atomic mass is 10.1. The van der Waals surface area contributed by atoms with E-state index in [1.54, 1.807) is 6.20 Å². The molecule has 0 amide bonds. The number of pyridine rings is 1. The van der Waals surface area contributed by atoms with Crippen LogP contribution in [0, 0.1) is 4.77 Å². The predicted molar refractivity (Wildman–Crippen MR) is 138 cm³/mol. The van der Waals surface area contributed by atoms with Gasteiger partial charge in [-0.1, -0.05) is 54.6 Å². The first kappa shape index (κ1) is 24.5. The third kappa shape index (κ3) is 6.71. The van der Waals surface area contributed by atoms with Gasteiger partial charge in [0.15, 0.2) is 0 Å². The highest BCUT2D eigenvalue weighted by atomic mass is 32.1. The van der Waals surface area contributed by atoms with Crippen molar-refractivity contribution in [2.75, 3.05) is 13.2 Å². The van der Waals surface area contributed by atoms with Gasteiger partial charge in [-0.25, -0.2) is 4.68 Å². The molecule has 0 radical (unpaired) electrons. The maximum atomic E-state index is 12.1. The van der Waals surface area contributed by atoms with E-state index in [4.69, 9.17) is 22.1 Å². The minimum absolute atomic E-state index is 0.216. The first-order valence-corrected chi connectivity index (χ1v) is 12.1. The summed E-state index contributed by atoms with van der Waals surface area (Å²) in [6.45, 7) is 3.75. The SMILES string of the molecule is CCOC(=O)CCN(Cc1cccnc1)Cn1nc(Cc2ccccc2)n(-c2ccccc2)c1=S. The van der Waals surface area contributed by atoms with Crippen molar-refractivity contribution >= 4 is 18.2 Å². The lowest BCUT2D eigenvalue weighted by Crippen LogP contribution is -2.29. The molecule has 0 aliphatic rings. The second-order valence-corrected chi connectivity index (χ2v) is 8.51. The third-order valence-corrected chi connectivity index (χ3v) is 5.92. The van der Waals surface area contributed by atoms with Gasteiger partial charge in [-0.3, -0.25) is 19.2 Å². The van der Waals surface area contributed by atoms with Crippen molar-refractivity contribution in [3.05, 3.63) is 107 Å². The molecule has 0 bridgehead atoms. The number of hydrogen-bond acceptors (Lipinski definition) is 6. The first-order chi connectivity index (χ1) is 17.1. The second kappa shape index (κ2) is 12.2. The minimum atomic E-state index is -0.216. The van der Waals surface area contributed by atoms with Crippen molar-refractivity contribution in [3.8, 4) is 5.69 Å². The summed E-state index contributed by atoms with van der Waals surface area (Å²) in [5.41, 5.74) is 3.18. The van der Waals surface area contributed by atoms with Crippen LogP contribution in [0.1, 0.15) is 30.3 Å². The molecule has 0 fully saturated rings. The Morgan fingerprint density at radius 2 is 1.71 bits per heavy atom. The summed E-state index contributed by atoms with van der Waals surface area (Å²) >= 11 is 5.90. The largest absolute Gasteiger partial charge is 0.466 e. The fourth-order valence-corrected chi connectivity index (χ4v) is 4.21. The van der Waals surface area contributed by atoms with Gasteiger partial charge in [0.05, 0.1) is 19.7 Å². The highest BCUT2D eigenvalue weighted by molar-refractivity contribution is 7.71. The molecule has 2 aromatic heterocycles. The van der Waals surface area contributed by atoms with E-state index in [0.29, 0.717) is 37.6 Å². The third-order valence-electron chi connectivity index (χ3n) is 5.53. The van der Waals surface area contributed by atoms with Gasteiger partial charge in [-0.05, 0) is 48.5 Å². The fraction of sp³-hybridized carbons (Fsp3) is 0.259. The fourth-order valence-electron chi connectivity index (χ4n) is 3.90. The summed E-state index contributed by atoms with van der Waals surface area (Å²) in [7, 11) is 0. The van der Waals surface area contributed by atoms with E-state index in [0.717, 1.165) is 22.6 Å². The van der Waals surface area contributed by atoms with Crippen molar-refractivity contribution in [2.45, 2.75) is 33.0 Å². The summed E-state index contributed by atoms with van der Waals surface area (Å²) in [4.78, 5) is 18.4. The number of para-hydroxylation sites is 1. The molecule has 0 aliphatic carbocycles. The molecule has 0 spiro atoms. The summed E-state index contributed by atoms with van der Waals surface area (Å²) in [5, 5.41) is 4.93. The van der Waals surface area contributed by atoms with Crippen LogP contribution in [-0.4, -0.2) is 43.4 Å². The Kier molecular flexibility index (Phi) is 8.53. The molecule has 180 valence electrons. The summed E-state index contributed by atoms with van der Waals surface area (Å²) in [5.74, 6) is 0.644. The van der Waals surface area contributed by atoms with E-state index < -0.39 is 0 Å². The van der Waals surface area contributed by atoms with Crippen molar-refractivity contribution in [2.24, 2.45) is 0 Å². The molecule has 0 saturated carbocycles. The molecule has 0 unspecified atom stereocenters. The summed E-state index contributed by atoms with van der Waals surface area (Å²) in [6, 6.07) is 24.2. The van der Waals surface area contributed by atoms with Crippen molar-refractivity contribution in [1.82, 2.24) is 24.2 Å². The number of aromatic nitrogens is 4. The molecule has 2 aromatic carbocycles. The van der Waals surface area contributed by atoms with Gasteiger partial charge < -0.3 is 4.74 Å². The number of carbonyl (C=O) groups excluding carboxylic acids is 1. The van der Waals surface area contributed by atoms with Crippen molar-refractivity contribution in [3.63, 3.8) is 0 Å². The van der Waals surface area contributed by atoms with E-state index in [1.165, 1.54) is 0 Å². The average molecular weight is 488 g/mol. The maximum absolute atomic E-state index is 12.1. The van der Waals surface area contributed by atoms with Gasteiger partial charge in [0.25, 0.3) is 0 Å². The Hall–Kier alpha value is -3.62. The molecule has 0 aliphatic heterocycles. The molecule has 0 atom stereocenters. The Morgan fingerprint density at radius 1 is 1.00 bits per heavy atom. The number of esters is 1. The summed E-state index contributed by atoms with van der Waals surface area (Å²) in [6.07, 6.45) is 4.52. The normalized spacial score (nSPS) is 11.0. The zero-order valence-corrected chi connectivity index (χ0v) is 20.6. The number of nitrogens with zero attached hydrogens (tertiary/aromatic N) is 5. The van der Waals surface area contributed by atoms with Crippen molar-refractivity contribution in [1.29, 1.82) is 0 Å². The number of ether oxygens (including phenoxy) is 1. The molecule has 7 nitrogen and oxygen atoms in total. The van der Waals surface area contributed by atoms with Gasteiger partial charge in [-0.2, -0.15) is 5.10 Å². The standard InChI is InChI=1S/C27H29N5O2S/c1-2-34-26(33)15-17-30(20-23-12-9-16-28-19-23)21-31-27(35)32(24-13-7-4-8-14-24)25(29-31)18-22-10-5-3-6-11-22/h3-14,16,19H,2,15,17-18,20-21H2,1H3. The van der Waals surface area contributed by atoms with Gasteiger partial charge in [-0.15, -0.1) is 0 Å². The zero-order valence-electron chi connectivity index (χ0n) is 19.8. The number of rotatable bonds is 11. The van der Waals surface area contributed by atoms with Crippen LogP contribution in [0.25, 0.3) is 5.69 Å². The molecule has 4 rings (SSSR count). The van der Waals surface area contributed by atoms with Crippen LogP contribution in [0.5, 0.6) is 0 Å². The van der Waals surface area contributed by atoms with Gasteiger partial charge >= 0.3 is 5.97 Å². The Labute approximate surface area is 210 Å². The molecule has 0 saturated heterocycles. The molecule has 4 aromatic rings. The second-order valence-electron chi connectivity index (χ2n) is 8.14. The molecule has 0 N–H and O–H groups in total. The van der Waals surface area contributed by atoms with Gasteiger partial charge in [0, 0.05) is 37.6 Å². The number of carbonyl (C=O) groups is 1. The zero-order chi connectivity index (χ0) is 24.5. The van der Waals surface area contributed by atoms with Crippen LogP contribution in [0.2, 0.25) is 0 Å². The van der Waals surface area contributed by atoms with Crippen LogP contribution >= 0.6 is 12.2 Å².